The van der Waals surface area contributed by atoms with Crippen LogP contribution in [-0.4, -0.2) is 80.4 Å². The number of rotatable bonds is 8. The van der Waals surface area contributed by atoms with Gasteiger partial charge in [-0.1, -0.05) is 0 Å². The van der Waals surface area contributed by atoms with Gasteiger partial charge in [-0.2, -0.15) is 0 Å². The standard InChI is InChI=1S/C10H16N5O13P3.2Na.3H2O/c11-8-5-9(13-2-12-8)15(3-14-5)10-7(28-31(22,23)24)6(27-30(19,20)21)4(26-10)1-25-29(16,17)18;;;;;/h2-4,6-7,10H,1H2,(H2,11,12,13)(H2,16,17,18)(H2,19,20,21)(H2,22,23,24);;;3*1H2/q;2*+1;;;/p-2/t4-,6-,7-,10-;;;;;/m1...../s1. The molecular formula is C10H20N5Na2O16P3. The molecule has 12 N–H and O–H groups in total. The number of aromatic nitrogens is 4. The van der Waals surface area contributed by atoms with Crippen molar-refractivity contribution in [1.29, 1.82) is 0 Å². The SMILES string of the molecule is Nc1ncnc2c1ncn2[C@@H]1O[C@H](COP(=O)(O)O)[C@@H](OP(=O)(O)O)[C@H]1OP(=O)([O-])[O-].O.O.O.[Na+].[Na+]. The van der Waals surface area contributed by atoms with Crippen LogP contribution in [0.15, 0.2) is 12.7 Å². The zero-order valence-corrected chi connectivity index (χ0v) is 25.0. The first-order valence-electron chi connectivity index (χ1n) is 7.87. The van der Waals surface area contributed by atoms with Gasteiger partial charge in [0.2, 0.25) is 0 Å². The Labute approximate surface area is 244 Å². The van der Waals surface area contributed by atoms with E-state index in [-0.39, 0.29) is 92.5 Å². The Morgan fingerprint density at radius 1 is 0.972 bits per heavy atom. The fourth-order valence-corrected chi connectivity index (χ4v) is 4.28. The average Bonchev–Trinajstić information content (AvgIpc) is 3.13. The molecule has 0 bridgehead atoms. The van der Waals surface area contributed by atoms with E-state index in [9.17, 15) is 23.5 Å². The second kappa shape index (κ2) is 15.3. The third-order valence-electron chi connectivity index (χ3n) is 3.86. The van der Waals surface area contributed by atoms with Gasteiger partial charge >= 0.3 is 74.8 Å². The van der Waals surface area contributed by atoms with Crippen molar-refractivity contribution < 1.29 is 137 Å². The molecule has 2 aromatic heterocycles. The first-order chi connectivity index (χ1) is 14.1. The van der Waals surface area contributed by atoms with Crippen molar-refractivity contribution in [2.24, 2.45) is 0 Å². The fourth-order valence-electron chi connectivity index (χ4n) is 2.84. The Kier molecular flexibility index (Phi) is 17.5. The molecule has 26 heteroatoms. The van der Waals surface area contributed by atoms with Gasteiger partial charge in [-0.15, -0.1) is 0 Å². The molecule has 1 aliphatic heterocycles. The van der Waals surface area contributed by atoms with E-state index in [1.165, 1.54) is 0 Å². The minimum absolute atomic E-state index is 0. The smallest absolute Gasteiger partial charge is 0.790 e. The molecular weight excluding hydrogens is 585 g/mol. The Hall–Kier alpha value is 0.520. The van der Waals surface area contributed by atoms with Crippen molar-refractivity contribution in [2.45, 2.75) is 24.5 Å². The molecule has 1 saturated heterocycles. The Balaban J connectivity index is -0.00000218. The second-order valence-electron chi connectivity index (χ2n) is 6.01. The minimum atomic E-state index is -5.80. The molecule has 0 amide bonds. The fraction of sp³-hybridized carbons (Fsp3) is 0.500. The molecule has 0 radical (unpaired) electrons. The predicted octanol–water partition coefficient (Wildman–Crippen LogP) is -11.4. The number of phosphoric acid groups is 3. The van der Waals surface area contributed by atoms with Crippen LogP contribution in [0.5, 0.6) is 0 Å². The number of nitrogens with zero attached hydrogens (tertiary/aromatic N) is 4. The van der Waals surface area contributed by atoms with E-state index in [2.05, 4.69) is 28.5 Å². The number of hydrogen-bond donors (Lipinski definition) is 5. The number of hydrogen-bond acceptors (Lipinski definition) is 13. The van der Waals surface area contributed by atoms with Crippen LogP contribution in [0.25, 0.3) is 11.2 Å². The third kappa shape index (κ3) is 10.9. The van der Waals surface area contributed by atoms with Gasteiger partial charge < -0.3 is 65.3 Å². The van der Waals surface area contributed by atoms with Crippen LogP contribution >= 0.6 is 23.5 Å². The van der Waals surface area contributed by atoms with Gasteiger partial charge in [0.15, 0.2) is 17.7 Å². The maximum Gasteiger partial charge on any atom is 1.00 e. The van der Waals surface area contributed by atoms with E-state index in [1.807, 2.05) is 0 Å². The van der Waals surface area contributed by atoms with Crippen molar-refractivity contribution in [3.8, 4) is 0 Å². The van der Waals surface area contributed by atoms with Gasteiger partial charge in [0.25, 0.3) is 0 Å². The molecule has 3 heterocycles. The van der Waals surface area contributed by atoms with E-state index in [0.717, 1.165) is 17.2 Å². The van der Waals surface area contributed by atoms with Gasteiger partial charge in [0.1, 0.15) is 30.2 Å². The van der Waals surface area contributed by atoms with Crippen molar-refractivity contribution in [1.82, 2.24) is 19.5 Å². The number of phosphoric ester groups is 3. The van der Waals surface area contributed by atoms with Gasteiger partial charge in [-0.05, 0) is 0 Å². The molecule has 0 spiro atoms. The maximum absolute atomic E-state index is 11.4. The Morgan fingerprint density at radius 2 is 1.56 bits per heavy atom. The molecule has 36 heavy (non-hydrogen) atoms. The molecule has 198 valence electrons. The Morgan fingerprint density at radius 3 is 2.06 bits per heavy atom. The summed E-state index contributed by atoms with van der Waals surface area (Å²) in [5.41, 5.74) is 5.64. The van der Waals surface area contributed by atoms with Crippen LogP contribution in [0.3, 0.4) is 0 Å². The first kappa shape index (κ1) is 41.0. The third-order valence-corrected chi connectivity index (χ3v) is 5.37. The molecule has 2 aromatic rings. The summed E-state index contributed by atoms with van der Waals surface area (Å²) in [5, 5.41) is 0. The monoisotopic (exact) mass is 605 g/mol. The van der Waals surface area contributed by atoms with E-state index < -0.39 is 54.6 Å². The van der Waals surface area contributed by atoms with Crippen LogP contribution in [0.2, 0.25) is 0 Å². The quantitative estimate of drug-likeness (QED) is 0.138. The largest absolute Gasteiger partial charge is 1.00 e. The van der Waals surface area contributed by atoms with E-state index >= 15 is 0 Å². The molecule has 0 unspecified atom stereocenters. The molecule has 0 saturated carbocycles. The summed E-state index contributed by atoms with van der Waals surface area (Å²) >= 11 is 0. The van der Waals surface area contributed by atoms with E-state index in [1.54, 1.807) is 0 Å². The zero-order chi connectivity index (χ0) is 23.2. The summed E-state index contributed by atoms with van der Waals surface area (Å²) in [5.74, 6) is -0.0815. The van der Waals surface area contributed by atoms with Crippen molar-refractivity contribution in [3.05, 3.63) is 12.7 Å². The van der Waals surface area contributed by atoms with Gasteiger partial charge in [0, 0.05) is 0 Å². The number of ether oxygens (including phenoxy) is 1. The first-order valence-corrected chi connectivity index (χ1v) is 12.4. The van der Waals surface area contributed by atoms with Gasteiger partial charge in [-0.3, -0.25) is 13.6 Å². The van der Waals surface area contributed by atoms with Crippen molar-refractivity contribution >= 4 is 40.4 Å². The molecule has 21 nitrogen and oxygen atoms in total. The van der Waals surface area contributed by atoms with Gasteiger partial charge in [0.05, 0.1) is 20.8 Å². The molecule has 1 fully saturated rings. The average molecular weight is 605 g/mol. The van der Waals surface area contributed by atoms with E-state index in [0.29, 0.717) is 0 Å². The van der Waals surface area contributed by atoms with E-state index in [4.69, 9.17) is 30.0 Å². The number of anilines is 1. The summed E-state index contributed by atoms with van der Waals surface area (Å²) in [6.45, 7) is -1.03. The summed E-state index contributed by atoms with van der Waals surface area (Å²) in [6, 6.07) is 0. The predicted molar refractivity (Wildman–Crippen MR) is 102 cm³/mol. The normalized spacial score (nSPS) is 21.8. The molecule has 4 atom stereocenters. The second-order valence-corrected chi connectivity index (χ2v) is 9.55. The number of nitrogens with two attached hydrogens (primary N) is 1. The molecule has 3 rings (SSSR count). The summed E-state index contributed by atoms with van der Waals surface area (Å²) in [7, 11) is -16.2. The topological polar surface area (TPSA) is 379 Å². The number of imidazole rings is 1. The summed E-state index contributed by atoms with van der Waals surface area (Å²) in [6.07, 6.45) is -5.45. The zero-order valence-electron chi connectivity index (χ0n) is 18.3. The molecule has 0 aromatic carbocycles. The minimum Gasteiger partial charge on any atom is -0.790 e. The number of fused-ring (bicyclic) bond motifs is 1. The van der Waals surface area contributed by atoms with Crippen molar-refractivity contribution in [3.63, 3.8) is 0 Å². The van der Waals surface area contributed by atoms with Crippen LogP contribution in [0.1, 0.15) is 6.23 Å². The summed E-state index contributed by atoms with van der Waals surface area (Å²) < 4.78 is 53.3. The van der Waals surface area contributed by atoms with Crippen LogP contribution in [-0.2, 0) is 32.0 Å². The van der Waals surface area contributed by atoms with Gasteiger partial charge in [-0.25, -0.2) is 24.1 Å². The van der Waals surface area contributed by atoms with Crippen LogP contribution in [0, 0.1) is 0 Å². The van der Waals surface area contributed by atoms with Crippen LogP contribution < -0.4 is 74.6 Å². The Bertz CT molecular complexity index is 1110. The molecule has 0 aliphatic carbocycles. The molecule has 1 aliphatic rings. The maximum atomic E-state index is 11.4. The summed E-state index contributed by atoms with van der Waals surface area (Å²) in [4.78, 5) is 70.1. The number of nitrogen functional groups attached to an aromatic ring is 1. The van der Waals surface area contributed by atoms with Crippen LogP contribution in [0.4, 0.5) is 5.82 Å². The van der Waals surface area contributed by atoms with Crippen molar-refractivity contribution in [2.75, 3.05) is 12.3 Å².